The number of likely N-dealkylation sites (tertiary alicyclic amines) is 1. The highest BCUT2D eigenvalue weighted by Gasteiger charge is 2.38. The zero-order valence-corrected chi connectivity index (χ0v) is 19.6. The minimum absolute atomic E-state index is 0.212. The van der Waals surface area contributed by atoms with Crippen molar-refractivity contribution in [2.24, 2.45) is 0 Å². The van der Waals surface area contributed by atoms with Crippen LogP contribution in [0.5, 0.6) is 5.88 Å². The largest absolute Gasteiger partial charge is 0.588 e. The van der Waals surface area contributed by atoms with Crippen molar-refractivity contribution < 1.29 is 18.8 Å². The van der Waals surface area contributed by atoms with E-state index < -0.39 is 17.4 Å². The number of carbonyl (C=O) groups excluding carboxylic acids is 1. The number of methoxy groups -OCH3 is 1. The topological polar surface area (TPSA) is 104 Å². The number of carbonyl (C=O) groups is 1. The van der Waals surface area contributed by atoms with E-state index in [-0.39, 0.29) is 12.1 Å². The molecule has 2 aliphatic carbocycles. The number of hydrogen-bond acceptors (Lipinski definition) is 6. The van der Waals surface area contributed by atoms with Crippen molar-refractivity contribution in [2.75, 3.05) is 32.1 Å². The molecular weight excluding hydrogens is 442 g/mol. The van der Waals surface area contributed by atoms with Gasteiger partial charge < -0.3 is 19.3 Å². The van der Waals surface area contributed by atoms with Crippen molar-refractivity contribution in [3.8, 4) is 5.88 Å². The molecule has 9 nitrogen and oxygen atoms in total. The number of urea groups is 1. The Bertz CT molecular complexity index is 1050. The molecular formula is C23H29N5O4S. The van der Waals surface area contributed by atoms with Gasteiger partial charge in [0.1, 0.15) is 24.2 Å². The number of amides is 2. The Morgan fingerprint density at radius 2 is 1.91 bits per heavy atom. The molecule has 1 aromatic carbocycles. The summed E-state index contributed by atoms with van der Waals surface area (Å²) in [7, 11) is 1.73. The maximum absolute atomic E-state index is 13.0. The van der Waals surface area contributed by atoms with Crippen molar-refractivity contribution in [1.29, 1.82) is 0 Å². The van der Waals surface area contributed by atoms with Crippen LogP contribution in [0.1, 0.15) is 35.1 Å². The predicted octanol–water partition coefficient (Wildman–Crippen LogP) is 1.80. The highest BCUT2D eigenvalue weighted by molar-refractivity contribution is 7.90. The Labute approximate surface area is 196 Å². The summed E-state index contributed by atoms with van der Waals surface area (Å²) < 4.78 is 28.6. The first-order chi connectivity index (χ1) is 16.1. The molecule has 1 unspecified atom stereocenters. The molecule has 0 bridgehead atoms. The standard InChI is InChI=1S/C23H29N5O4S/c1-31-17-11-27(12-17)16-10-28-22(32-13-16)20(9-24-28)33(30)26-23(29)25-21-18-6-2-4-14(18)8-15-5-3-7-19(15)21/h8-9,16-17H,2-7,10-13H2,1H3,(H2,25,26,29)/t16-,33?/m0/s1. The molecule has 6 rings (SSSR count). The quantitative estimate of drug-likeness (QED) is 0.645. The summed E-state index contributed by atoms with van der Waals surface area (Å²) >= 11 is -1.76. The normalized spacial score (nSPS) is 22.7. The molecule has 0 radical (unpaired) electrons. The molecule has 4 aliphatic rings. The molecule has 1 aromatic heterocycles. The van der Waals surface area contributed by atoms with Crippen LogP contribution in [0.25, 0.3) is 0 Å². The molecule has 10 heteroatoms. The van der Waals surface area contributed by atoms with Gasteiger partial charge in [-0.2, -0.15) is 5.10 Å². The Kier molecular flexibility index (Phi) is 5.48. The number of anilines is 1. The first kappa shape index (κ1) is 21.3. The van der Waals surface area contributed by atoms with Crippen LogP contribution < -0.4 is 14.8 Å². The number of aryl methyl sites for hydroxylation is 2. The lowest BCUT2D eigenvalue weighted by Crippen LogP contribution is -2.59. The second-order valence-corrected chi connectivity index (χ2v) is 10.5. The number of ether oxygens (including phenoxy) is 2. The number of rotatable bonds is 5. The zero-order chi connectivity index (χ0) is 22.5. The van der Waals surface area contributed by atoms with Gasteiger partial charge in [0, 0.05) is 25.9 Å². The fourth-order valence-corrected chi connectivity index (χ4v) is 6.37. The summed E-state index contributed by atoms with van der Waals surface area (Å²) in [6.07, 6.45) is 8.13. The van der Waals surface area contributed by atoms with Crippen LogP contribution in [0.3, 0.4) is 0 Å². The average Bonchev–Trinajstić information content (AvgIpc) is 3.51. The van der Waals surface area contributed by atoms with E-state index in [1.165, 1.54) is 28.5 Å². The van der Waals surface area contributed by atoms with E-state index in [9.17, 15) is 9.35 Å². The second kappa shape index (κ2) is 8.50. The number of nitrogens with one attached hydrogen (secondary N) is 2. The SMILES string of the molecule is COC1CN([C@@H]2COc3c([S+]([O-])NC(=O)Nc4c5c(cc6c4CCC6)CCC5)cnn3C2)C1. The lowest BCUT2D eigenvalue weighted by atomic mass is 9.99. The van der Waals surface area contributed by atoms with Gasteiger partial charge in [-0.3, -0.25) is 4.90 Å². The number of benzene rings is 1. The van der Waals surface area contributed by atoms with E-state index in [4.69, 9.17) is 9.47 Å². The second-order valence-electron chi connectivity index (χ2n) is 9.33. The highest BCUT2D eigenvalue weighted by Crippen LogP contribution is 2.38. The molecule has 33 heavy (non-hydrogen) atoms. The summed E-state index contributed by atoms with van der Waals surface area (Å²) in [6.45, 7) is 2.93. The van der Waals surface area contributed by atoms with E-state index >= 15 is 0 Å². The molecule has 2 aromatic rings. The van der Waals surface area contributed by atoms with Gasteiger partial charge in [0.2, 0.25) is 0 Å². The third-order valence-electron chi connectivity index (χ3n) is 7.38. The average molecular weight is 472 g/mol. The summed E-state index contributed by atoms with van der Waals surface area (Å²) in [6, 6.07) is 2.08. The van der Waals surface area contributed by atoms with Gasteiger partial charge in [0.05, 0.1) is 18.7 Å². The van der Waals surface area contributed by atoms with Crippen molar-refractivity contribution >= 4 is 23.1 Å². The maximum Gasteiger partial charge on any atom is 0.361 e. The van der Waals surface area contributed by atoms with Crippen LogP contribution in [0.15, 0.2) is 17.2 Å². The van der Waals surface area contributed by atoms with Gasteiger partial charge in [0.15, 0.2) is 0 Å². The van der Waals surface area contributed by atoms with Crippen LogP contribution in [0.4, 0.5) is 10.5 Å². The van der Waals surface area contributed by atoms with E-state index in [0.717, 1.165) is 57.3 Å². The summed E-state index contributed by atoms with van der Waals surface area (Å²) in [4.78, 5) is 15.5. The smallest absolute Gasteiger partial charge is 0.361 e. The van der Waals surface area contributed by atoms with Crippen molar-refractivity contribution in [1.82, 2.24) is 19.4 Å². The van der Waals surface area contributed by atoms with Gasteiger partial charge in [0.25, 0.3) is 10.8 Å². The molecule has 1 saturated heterocycles. The van der Waals surface area contributed by atoms with E-state index in [0.29, 0.717) is 23.9 Å². The van der Waals surface area contributed by atoms with Crippen LogP contribution in [-0.2, 0) is 48.3 Å². The number of fused-ring (bicyclic) bond motifs is 3. The van der Waals surface area contributed by atoms with Gasteiger partial charge in [-0.15, -0.1) is 4.72 Å². The molecule has 176 valence electrons. The minimum Gasteiger partial charge on any atom is -0.588 e. The molecule has 3 heterocycles. The molecule has 2 atom stereocenters. The molecule has 0 spiro atoms. The van der Waals surface area contributed by atoms with Crippen molar-refractivity contribution in [2.45, 2.75) is 62.1 Å². The third-order valence-corrected chi connectivity index (χ3v) is 8.43. The third kappa shape index (κ3) is 3.78. The summed E-state index contributed by atoms with van der Waals surface area (Å²) in [5, 5.41) is 7.40. The number of hydrogen-bond donors (Lipinski definition) is 2. The molecule has 1 fully saturated rings. The summed E-state index contributed by atoms with van der Waals surface area (Å²) in [5.74, 6) is 0.468. The van der Waals surface area contributed by atoms with Gasteiger partial charge in [-0.1, -0.05) is 6.07 Å². The lowest BCUT2D eigenvalue weighted by molar-refractivity contribution is -0.0687. The van der Waals surface area contributed by atoms with Crippen LogP contribution >= 0.6 is 0 Å². The first-order valence-corrected chi connectivity index (χ1v) is 12.9. The van der Waals surface area contributed by atoms with Crippen molar-refractivity contribution in [3.05, 3.63) is 34.5 Å². The van der Waals surface area contributed by atoms with Crippen LogP contribution in [0.2, 0.25) is 0 Å². The Hall–Kier alpha value is -2.27. The lowest BCUT2D eigenvalue weighted by Gasteiger charge is -2.44. The number of aromatic nitrogens is 2. The Morgan fingerprint density at radius 3 is 2.61 bits per heavy atom. The fraction of sp³-hybridized carbons (Fsp3) is 0.565. The van der Waals surface area contributed by atoms with Gasteiger partial charge in [-0.25, -0.2) is 9.48 Å². The minimum atomic E-state index is -1.76. The Balaban J connectivity index is 1.13. The first-order valence-electron chi connectivity index (χ1n) is 11.7. The monoisotopic (exact) mass is 471 g/mol. The van der Waals surface area contributed by atoms with Gasteiger partial charge >= 0.3 is 6.03 Å². The van der Waals surface area contributed by atoms with E-state index in [2.05, 4.69) is 26.1 Å². The molecule has 2 amide bonds. The molecule has 2 aliphatic heterocycles. The van der Waals surface area contributed by atoms with Gasteiger partial charge in [-0.05, 0) is 60.8 Å². The molecule has 2 N–H and O–H groups in total. The fourth-order valence-electron chi connectivity index (χ4n) is 5.57. The zero-order valence-electron chi connectivity index (χ0n) is 18.8. The van der Waals surface area contributed by atoms with Crippen LogP contribution in [0, 0.1) is 0 Å². The summed E-state index contributed by atoms with van der Waals surface area (Å²) in [5.41, 5.74) is 6.12. The predicted molar refractivity (Wildman–Crippen MR) is 123 cm³/mol. The van der Waals surface area contributed by atoms with E-state index in [1.54, 1.807) is 11.8 Å². The van der Waals surface area contributed by atoms with E-state index in [1.807, 2.05) is 0 Å². The number of nitrogens with zero attached hydrogens (tertiary/aromatic N) is 3. The van der Waals surface area contributed by atoms with Crippen molar-refractivity contribution in [3.63, 3.8) is 0 Å². The Morgan fingerprint density at radius 1 is 1.18 bits per heavy atom. The molecule has 0 saturated carbocycles. The highest BCUT2D eigenvalue weighted by atomic mass is 32.2. The van der Waals surface area contributed by atoms with Crippen LogP contribution in [-0.4, -0.2) is 64.2 Å². The maximum atomic E-state index is 13.0.